The van der Waals surface area contributed by atoms with E-state index in [0.717, 1.165) is 33.4 Å². The third kappa shape index (κ3) is 4.27. The Balaban J connectivity index is 1.76. The van der Waals surface area contributed by atoms with Gasteiger partial charge in [0.2, 0.25) is 0 Å². The maximum atomic E-state index is 13.5. The summed E-state index contributed by atoms with van der Waals surface area (Å²) in [7, 11) is 5.20. The van der Waals surface area contributed by atoms with Crippen LogP contribution in [0.25, 0.3) is 22.5 Å². The van der Waals surface area contributed by atoms with Crippen molar-refractivity contribution in [1.82, 2.24) is 14.5 Å². The molecule has 0 amide bonds. The van der Waals surface area contributed by atoms with E-state index < -0.39 is 0 Å². The van der Waals surface area contributed by atoms with Gasteiger partial charge in [-0.2, -0.15) is 0 Å². The zero-order chi connectivity index (χ0) is 22.7. The lowest BCUT2D eigenvalue weighted by molar-refractivity contribution is 0.395. The first-order chi connectivity index (χ1) is 15.5. The minimum absolute atomic E-state index is 0.278. The van der Waals surface area contributed by atoms with Crippen LogP contribution in [0.4, 0.5) is 15.9 Å². The molecule has 0 aliphatic heterocycles. The fraction of sp³-hybridized carbons (Fsp3) is 0.167. The van der Waals surface area contributed by atoms with Gasteiger partial charge in [0, 0.05) is 30.4 Å². The number of methoxy groups -OCH3 is 2. The summed E-state index contributed by atoms with van der Waals surface area (Å²) in [6.07, 6.45) is 3.73. The number of pyridine rings is 1. The molecule has 4 aromatic rings. The van der Waals surface area contributed by atoms with Gasteiger partial charge in [-0.3, -0.25) is 0 Å². The van der Waals surface area contributed by atoms with Crippen LogP contribution in [-0.4, -0.2) is 35.0 Å². The highest BCUT2D eigenvalue weighted by Crippen LogP contribution is 2.36. The molecule has 0 saturated heterocycles. The topological polar surface area (TPSA) is 61.2 Å². The summed E-state index contributed by atoms with van der Waals surface area (Å²) >= 11 is 1.56. The molecule has 1 N–H and O–H groups in total. The summed E-state index contributed by atoms with van der Waals surface area (Å²) in [6, 6.07) is 15.8. The van der Waals surface area contributed by atoms with Crippen LogP contribution >= 0.6 is 11.8 Å². The van der Waals surface area contributed by atoms with Crippen LogP contribution < -0.4 is 14.8 Å². The second kappa shape index (κ2) is 9.32. The number of thioether (sulfide) groups is 1. The van der Waals surface area contributed by atoms with Crippen LogP contribution in [0.15, 0.2) is 66.0 Å². The van der Waals surface area contributed by atoms with Gasteiger partial charge in [0.1, 0.15) is 23.1 Å². The van der Waals surface area contributed by atoms with Gasteiger partial charge in [-0.1, -0.05) is 11.8 Å². The maximum Gasteiger partial charge on any atom is 0.168 e. The number of benzene rings is 2. The van der Waals surface area contributed by atoms with Gasteiger partial charge < -0.3 is 19.4 Å². The highest BCUT2D eigenvalue weighted by Gasteiger charge is 2.18. The first-order valence-corrected chi connectivity index (χ1v) is 11.1. The van der Waals surface area contributed by atoms with Crippen molar-refractivity contribution in [2.75, 3.05) is 25.8 Å². The number of imidazole rings is 1. The van der Waals surface area contributed by atoms with Crippen molar-refractivity contribution in [3.05, 3.63) is 66.6 Å². The van der Waals surface area contributed by atoms with Gasteiger partial charge >= 0.3 is 0 Å². The Bertz CT molecular complexity index is 1240. The van der Waals surface area contributed by atoms with Crippen LogP contribution in [0.1, 0.15) is 0 Å². The van der Waals surface area contributed by atoms with E-state index in [1.807, 2.05) is 48.2 Å². The molecule has 0 atom stereocenters. The van der Waals surface area contributed by atoms with E-state index in [1.165, 1.54) is 12.1 Å². The fourth-order valence-corrected chi connectivity index (χ4v) is 4.03. The zero-order valence-electron chi connectivity index (χ0n) is 18.2. The van der Waals surface area contributed by atoms with Crippen molar-refractivity contribution in [2.24, 2.45) is 7.05 Å². The van der Waals surface area contributed by atoms with Crippen molar-refractivity contribution in [3.8, 4) is 34.0 Å². The molecule has 6 nitrogen and oxygen atoms in total. The van der Waals surface area contributed by atoms with Crippen molar-refractivity contribution in [3.63, 3.8) is 0 Å². The quantitative estimate of drug-likeness (QED) is 0.361. The van der Waals surface area contributed by atoms with Crippen LogP contribution in [0.3, 0.4) is 0 Å². The van der Waals surface area contributed by atoms with Crippen LogP contribution in [-0.2, 0) is 7.05 Å². The first kappa shape index (κ1) is 21.7. The van der Waals surface area contributed by atoms with Crippen molar-refractivity contribution in [1.29, 1.82) is 0 Å². The molecule has 0 radical (unpaired) electrons. The highest BCUT2D eigenvalue weighted by molar-refractivity contribution is 7.98. The summed E-state index contributed by atoms with van der Waals surface area (Å²) in [4.78, 5) is 9.26. The molecule has 4 rings (SSSR count). The monoisotopic (exact) mass is 450 g/mol. The lowest BCUT2D eigenvalue weighted by atomic mass is 10.1. The number of ether oxygens (including phenoxy) is 2. The molecule has 2 heterocycles. The van der Waals surface area contributed by atoms with E-state index in [0.29, 0.717) is 17.3 Å². The molecule has 0 saturated carbocycles. The van der Waals surface area contributed by atoms with Gasteiger partial charge in [0.25, 0.3) is 0 Å². The second-order valence-electron chi connectivity index (χ2n) is 6.98. The van der Waals surface area contributed by atoms with Gasteiger partial charge in [-0.15, -0.1) is 0 Å². The number of nitrogens with one attached hydrogen (secondary N) is 1. The lowest BCUT2D eigenvalue weighted by Gasteiger charge is -2.13. The third-order valence-electron chi connectivity index (χ3n) is 5.06. The molecular formula is C24H23FN4O2S. The molecule has 2 aromatic carbocycles. The van der Waals surface area contributed by atoms with Crippen LogP contribution in [0.2, 0.25) is 0 Å². The summed E-state index contributed by atoms with van der Waals surface area (Å²) in [5.41, 5.74) is 4.26. The molecule has 164 valence electrons. The van der Waals surface area contributed by atoms with Crippen LogP contribution in [0, 0.1) is 5.82 Å². The number of anilines is 2. The molecule has 0 bridgehead atoms. The molecule has 2 aromatic heterocycles. The number of halogens is 1. The molecule has 0 fully saturated rings. The summed E-state index contributed by atoms with van der Waals surface area (Å²) < 4.78 is 26.3. The lowest BCUT2D eigenvalue weighted by Crippen LogP contribution is -1.99. The normalized spacial score (nSPS) is 10.8. The Hall–Kier alpha value is -3.52. The minimum Gasteiger partial charge on any atom is -0.497 e. The number of aromatic nitrogens is 3. The average molecular weight is 451 g/mol. The van der Waals surface area contributed by atoms with E-state index in [4.69, 9.17) is 14.5 Å². The Labute approximate surface area is 190 Å². The number of hydrogen-bond acceptors (Lipinski definition) is 6. The molecule has 32 heavy (non-hydrogen) atoms. The van der Waals surface area contributed by atoms with E-state index in [9.17, 15) is 4.39 Å². The number of nitrogens with zero attached hydrogens (tertiary/aromatic N) is 3. The van der Waals surface area contributed by atoms with E-state index >= 15 is 0 Å². The summed E-state index contributed by atoms with van der Waals surface area (Å²) in [6.45, 7) is 0. The van der Waals surface area contributed by atoms with Gasteiger partial charge in [0.15, 0.2) is 5.16 Å². The standard InChI is InChI=1S/C24H23FN4O2S/c1-29-23(22(28-24(29)32-4)15-5-7-17(25)8-6-15)16-11-12-26-21(13-16)27-19-10-9-18(30-2)14-20(19)31-3/h5-14H,1-4H3,(H,26,27). The Morgan fingerprint density at radius 1 is 0.969 bits per heavy atom. The van der Waals surface area contributed by atoms with Gasteiger partial charge in [-0.05, 0) is 54.8 Å². The first-order valence-electron chi connectivity index (χ1n) is 9.86. The predicted molar refractivity (Wildman–Crippen MR) is 126 cm³/mol. The van der Waals surface area contributed by atoms with Crippen molar-refractivity contribution >= 4 is 23.3 Å². The minimum atomic E-state index is -0.278. The van der Waals surface area contributed by atoms with Crippen molar-refractivity contribution < 1.29 is 13.9 Å². The van der Waals surface area contributed by atoms with E-state index in [2.05, 4.69) is 10.3 Å². The van der Waals surface area contributed by atoms with Gasteiger partial charge in [0.05, 0.1) is 31.3 Å². The van der Waals surface area contributed by atoms with Crippen LogP contribution in [0.5, 0.6) is 11.5 Å². The van der Waals surface area contributed by atoms with E-state index in [1.54, 1.807) is 44.3 Å². The summed E-state index contributed by atoms with van der Waals surface area (Å²) in [5.74, 6) is 1.73. The van der Waals surface area contributed by atoms with Gasteiger partial charge in [-0.25, -0.2) is 14.4 Å². The molecule has 8 heteroatoms. The predicted octanol–water partition coefficient (Wildman–Crippen LogP) is 5.77. The number of rotatable bonds is 7. The largest absolute Gasteiger partial charge is 0.497 e. The maximum absolute atomic E-state index is 13.5. The SMILES string of the molecule is COc1ccc(Nc2cc(-c3c(-c4ccc(F)cc4)nc(SC)n3C)ccn2)c(OC)c1. The third-order valence-corrected chi connectivity index (χ3v) is 5.79. The number of hydrogen-bond donors (Lipinski definition) is 1. The highest BCUT2D eigenvalue weighted by atomic mass is 32.2. The molecule has 0 aliphatic carbocycles. The molecule has 0 aliphatic rings. The van der Waals surface area contributed by atoms with Crippen molar-refractivity contribution in [2.45, 2.75) is 5.16 Å². The molecular weight excluding hydrogens is 427 g/mol. The Kier molecular flexibility index (Phi) is 6.32. The Morgan fingerprint density at radius 3 is 2.44 bits per heavy atom. The Morgan fingerprint density at radius 2 is 1.75 bits per heavy atom. The molecule has 0 spiro atoms. The second-order valence-corrected chi connectivity index (χ2v) is 7.76. The molecule has 0 unspecified atom stereocenters. The fourth-order valence-electron chi connectivity index (χ4n) is 3.49. The zero-order valence-corrected chi connectivity index (χ0v) is 19.0. The summed E-state index contributed by atoms with van der Waals surface area (Å²) in [5, 5.41) is 4.18. The average Bonchev–Trinajstić information content (AvgIpc) is 3.16. The van der Waals surface area contributed by atoms with E-state index in [-0.39, 0.29) is 5.82 Å². The smallest absolute Gasteiger partial charge is 0.168 e.